The van der Waals surface area contributed by atoms with Gasteiger partial charge in [-0.25, -0.2) is 8.42 Å². The van der Waals surface area contributed by atoms with Gasteiger partial charge in [-0.1, -0.05) is 30.7 Å². The fourth-order valence-corrected chi connectivity index (χ4v) is 6.69. The first-order valence-corrected chi connectivity index (χ1v) is 9.78. The van der Waals surface area contributed by atoms with Gasteiger partial charge in [0, 0.05) is 29.3 Å². The van der Waals surface area contributed by atoms with Crippen LogP contribution in [-0.4, -0.2) is 29.7 Å². The molecule has 2 unspecified atom stereocenters. The van der Waals surface area contributed by atoms with Crippen molar-refractivity contribution < 1.29 is 13.2 Å². The van der Waals surface area contributed by atoms with Gasteiger partial charge >= 0.3 is 0 Å². The molecule has 0 radical (unpaired) electrons. The maximum atomic E-state index is 13.0. The molecule has 0 N–H and O–H groups in total. The van der Waals surface area contributed by atoms with Crippen LogP contribution >= 0.6 is 0 Å². The number of pyridine rings is 1. The van der Waals surface area contributed by atoms with Crippen LogP contribution in [0.4, 0.5) is 0 Å². The van der Waals surface area contributed by atoms with E-state index in [1.54, 1.807) is 12.4 Å². The third-order valence-corrected chi connectivity index (χ3v) is 8.10. The molecule has 4 nitrogen and oxygen atoms in total. The molecule has 2 aromatic rings. The zero-order chi connectivity index (χ0) is 16.0. The Kier molecular flexibility index (Phi) is 3.48. The van der Waals surface area contributed by atoms with E-state index >= 15 is 0 Å². The van der Waals surface area contributed by atoms with E-state index < -0.39 is 9.84 Å². The number of ketones is 1. The van der Waals surface area contributed by atoms with Gasteiger partial charge < -0.3 is 0 Å². The first-order valence-electron chi connectivity index (χ1n) is 8.17. The average Bonchev–Trinajstić information content (AvgIpc) is 2.52. The lowest BCUT2D eigenvalue weighted by Gasteiger charge is -2.38. The van der Waals surface area contributed by atoms with Crippen molar-refractivity contribution in [1.82, 2.24) is 4.98 Å². The highest BCUT2D eigenvalue weighted by Gasteiger charge is 2.46. The summed E-state index contributed by atoms with van der Waals surface area (Å²) < 4.78 is 24.8. The van der Waals surface area contributed by atoms with Gasteiger partial charge in [0.05, 0.1) is 10.5 Å². The maximum absolute atomic E-state index is 13.0. The molecule has 23 heavy (non-hydrogen) atoms. The van der Waals surface area contributed by atoms with Crippen LogP contribution in [0.5, 0.6) is 0 Å². The lowest BCUT2D eigenvalue weighted by Crippen LogP contribution is -2.45. The molecule has 0 spiro atoms. The number of carbonyl (C=O) groups excluding carboxylic acids is 1. The minimum atomic E-state index is -3.02. The van der Waals surface area contributed by atoms with Crippen molar-refractivity contribution in [1.29, 1.82) is 0 Å². The Morgan fingerprint density at radius 2 is 1.74 bits per heavy atom. The molecule has 1 aromatic heterocycles. The molecule has 2 bridgehead atoms. The Bertz CT molecular complexity index is 849. The summed E-state index contributed by atoms with van der Waals surface area (Å²) in [7, 11) is -3.02. The second-order valence-electron chi connectivity index (χ2n) is 6.70. The number of sulfone groups is 1. The number of rotatable bonds is 2. The Morgan fingerprint density at radius 3 is 2.48 bits per heavy atom. The van der Waals surface area contributed by atoms with Crippen LogP contribution in [0, 0.1) is 5.92 Å². The fourth-order valence-electron chi connectivity index (χ4n) is 4.16. The first-order chi connectivity index (χ1) is 11.1. The normalized spacial score (nSPS) is 29.3. The van der Waals surface area contributed by atoms with Crippen molar-refractivity contribution in [3.05, 3.63) is 42.2 Å². The van der Waals surface area contributed by atoms with Crippen molar-refractivity contribution in [2.45, 2.75) is 42.6 Å². The summed E-state index contributed by atoms with van der Waals surface area (Å²) in [5.74, 6) is -0.137. The molecule has 2 saturated heterocycles. The maximum Gasteiger partial charge on any atom is 0.168 e. The van der Waals surface area contributed by atoms with Gasteiger partial charge in [-0.15, -0.1) is 0 Å². The quantitative estimate of drug-likeness (QED) is 0.794. The second-order valence-corrected chi connectivity index (χ2v) is 9.22. The molecule has 2 atom stereocenters. The highest BCUT2D eigenvalue weighted by Crippen LogP contribution is 2.40. The van der Waals surface area contributed by atoms with Crippen LogP contribution in [0.3, 0.4) is 0 Å². The van der Waals surface area contributed by atoms with Crippen molar-refractivity contribution in [2.24, 2.45) is 5.92 Å². The smallest absolute Gasteiger partial charge is 0.168 e. The van der Waals surface area contributed by atoms with Crippen LogP contribution in [0.1, 0.15) is 42.5 Å². The summed E-state index contributed by atoms with van der Waals surface area (Å²) in [5.41, 5.74) is 0.630. The zero-order valence-electron chi connectivity index (χ0n) is 12.8. The molecule has 2 aliphatic rings. The number of nitrogens with zero attached hydrogens (tertiary/aromatic N) is 1. The summed E-state index contributed by atoms with van der Waals surface area (Å²) in [5, 5.41) is 1.20. The summed E-state index contributed by atoms with van der Waals surface area (Å²) in [4.78, 5) is 17.2. The van der Waals surface area contributed by atoms with Gasteiger partial charge in [0.15, 0.2) is 15.6 Å². The van der Waals surface area contributed by atoms with Crippen LogP contribution < -0.4 is 0 Å². The van der Waals surface area contributed by atoms with E-state index in [4.69, 9.17) is 0 Å². The number of benzene rings is 1. The standard InChI is InChI=1S/C18H19NO3S/c20-18(17-11-19-10-12-4-1-2-7-16(12)17)13-8-14-5-3-6-15(9-13)23(14,21)22/h1-2,4,7,10-11,13-15H,3,5-6,8-9H2. The number of Topliss-reactive ketones (excluding diaryl/α,β-unsaturated/α-hetero) is 1. The van der Waals surface area contributed by atoms with E-state index in [1.807, 2.05) is 24.3 Å². The van der Waals surface area contributed by atoms with Crippen molar-refractivity contribution in [3.63, 3.8) is 0 Å². The topological polar surface area (TPSA) is 64.1 Å². The van der Waals surface area contributed by atoms with Gasteiger partial charge in [0.2, 0.25) is 0 Å². The molecule has 120 valence electrons. The lowest BCUT2D eigenvalue weighted by molar-refractivity contribution is 0.0895. The Hall–Kier alpha value is -1.75. The van der Waals surface area contributed by atoms with Crippen LogP contribution in [-0.2, 0) is 9.84 Å². The molecule has 4 rings (SSSR count). The highest BCUT2D eigenvalue weighted by atomic mass is 32.2. The molecule has 3 heterocycles. The van der Waals surface area contributed by atoms with Crippen LogP contribution in [0.2, 0.25) is 0 Å². The Balaban J connectivity index is 1.70. The number of hydrogen-bond donors (Lipinski definition) is 0. The largest absolute Gasteiger partial charge is 0.294 e. The van der Waals surface area contributed by atoms with Gasteiger partial charge in [0.1, 0.15) is 0 Å². The predicted molar refractivity (Wildman–Crippen MR) is 89.1 cm³/mol. The van der Waals surface area contributed by atoms with Gasteiger partial charge in [-0.2, -0.15) is 0 Å². The Morgan fingerprint density at radius 1 is 1.04 bits per heavy atom. The van der Waals surface area contributed by atoms with E-state index in [2.05, 4.69) is 4.98 Å². The Labute approximate surface area is 135 Å². The van der Waals surface area contributed by atoms with Crippen molar-refractivity contribution in [2.75, 3.05) is 0 Å². The van der Waals surface area contributed by atoms with Crippen LogP contribution in [0.25, 0.3) is 10.8 Å². The molecule has 5 heteroatoms. The predicted octanol–water partition coefficient (Wildman–Crippen LogP) is 3.16. The van der Waals surface area contributed by atoms with E-state index in [0.29, 0.717) is 31.2 Å². The first kappa shape index (κ1) is 14.8. The van der Waals surface area contributed by atoms with E-state index in [9.17, 15) is 13.2 Å². The molecule has 2 aliphatic heterocycles. The van der Waals surface area contributed by atoms with Crippen molar-refractivity contribution >= 4 is 26.4 Å². The fraction of sp³-hybridized carbons (Fsp3) is 0.444. The monoisotopic (exact) mass is 329 g/mol. The summed E-state index contributed by atoms with van der Waals surface area (Å²) >= 11 is 0. The van der Waals surface area contributed by atoms with Gasteiger partial charge in [0.25, 0.3) is 0 Å². The summed E-state index contributed by atoms with van der Waals surface area (Å²) in [6.07, 6.45) is 6.70. The molecule has 0 saturated carbocycles. The number of aromatic nitrogens is 1. The second kappa shape index (κ2) is 5.41. The summed E-state index contributed by atoms with van der Waals surface area (Å²) in [6, 6.07) is 7.72. The van der Waals surface area contributed by atoms with Crippen molar-refractivity contribution in [3.8, 4) is 0 Å². The van der Waals surface area contributed by atoms with E-state index in [0.717, 1.165) is 17.2 Å². The van der Waals surface area contributed by atoms with Crippen LogP contribution in [0.15, 0.2) is 36.7 Å². The zero-order valence-corrected chi connectivity index (χ0v) is 13.6. The minimum absolute atomic E-state index is 0.0566. The third kappa shape index (κ3) is 2.38. The minimum Gasteiger partial charge on any atom is -0.294 e. The average molecular weight is 329 g/mol. The van der Waals surface area contributed by atoms with Gasteiger partial charge in [-0.3, -0.25) is 9.78 Å². The molecular weight excluding hydrogens is 310 g/mol. The van der Waals surface area contributed by atoms with E-state index in [-0.39, 0.29) is 22.2 Å². The number of fused-ring (bicyclic) bond motifs is 3. The van der Waals surface area contributed by atoms with E-state index in [1.165, 1.54) is 0 Å². The molecule has 2 fully saturated rings. The lowest BCUT2D eigenvalue weighted by atomic mass is 9.84. The van der Waals surface area contributed by atoms with Gasteiger partial charge in [-0.05, 0) is 31.1 Å². The molecule has 0 amide bonds. The number of carbonyl (C=O) groups is 1. The summed E-state index contributed by atoms with van der Waals surface area (Å²) in [6.45, 7) is 0. The number of hydrogen-bond acceptors (Lipinski definition) is 4. The SMILES string of the molecule is O=C(c1cncc2ccccc12)C1CC2CCCC(C1)S2(=O)=O. The molecular formula is C18H19NO3S. The highest BCUT2D eigenvalue weighted by molar-refractivity contribution is 7.92. The third-order valence-electron chi connectivity index (χ3n) is 5.38. The molecule has 1 aromatic carbocycles. The molecule has 0 aliphatic carbocycles.